The number of ether oxygens (including phenoxy) is 2. The highest BCUT2D eigenvalue weighted by molar-refractivity contribution is 7.11. The molecule has 0 aromatic carbocycles. The van der Waals surface area contributed by atoms with Crippen molar-refractivity contribution in [3.8, 4) is 0 Å². The molecular weight excluding hydrogens is 420 g/mol. The summed E-state index contributed by atoms with van der Waals surface area (Å²) in [7, 11) is 0. The first-order valence-electron chi connectivity index (χ1n) is 9.97. The summed E-state index contributed by atoms with van der Waals surface area (Å²) in [5, 5.41) is 11.6. The number of aromatic amines is 1. The van der Waals surface area contributed by atoms with Gasteiger partial charge in [-0.05, 0) is 29.7 Å². The molecule has 5 rings (SSSR count). The number of hydrogen-bond donors (Lipinski definition) is 2. The molecule has 2 amide bonds. The second kappa shape index (κ2) is 8.44. The fraction of sp³-hybridized carbons (Fsp3) is 0.350. The van der Waals surface area contributed by atoms with E-state index in [1.54, 1.807) is 10.3 Å². The highest BCUT2D eigenvalue weighted by Gasteiger charge is 2.23. The molecule has 1 fully saturated rings. The highest BCUT2D eigenvalue weighted by atomic mass is 32.1. The number of amides is 2. The Balaban J connectivity index is 1.26. The van der Waals surface area contributed by atoms with E-state index in [2.05, 4.69) is 31.6 Å². The number of anilines is 1. The first-order chi connectivity index (χ1) is 15.2. The maximum absolute atomic E-state index is 12.6. The summed E-state index contributed by atoms with van der Waals surface area (Å²) in [6.07, 6.45) is 7.73. The van der Waals surface area contributed by atoms with Crippen LogP contribution >= 0.6 is 11.3 Å². The Bertz CT molecular complexity index is 1110. The molecule has 31 heavy (non-hydrogen) atoms. The van der Waals surface area contributed by atoms with Crippen molar-refractivity contribution in [2.75, 3.05) is 38.2 Å². The van der Waals surface area contributed by atoms with Gasteiger partial charge in [-0.2, -0.15) is 4.98 Å². The fourth-order valence-electron chi connectivity index (χ4n) is 3.52. The Hall–Kier alpha value is -3.31. The molecule has 2 aromatic rings. The third kappa shape index (κ3) is 4.14. The van der Waals surface area contributed by atoms with Crippen LogP contribution in [0.3, 0.4) is 0 Å². The molecule has 0 unspecified atom stereocenters. The Morgan fingerprint density at radius 2 is 2.06 bits per heavy atom. The van der Waals surface area contributed by atoms with Crippen molar-refractivity contribution in [2.45, 2.75) is 12.8 Å². The van der Waals surface area contributed by atoms with Crippen molar-refractivity contribution in [2.24, 2.45) is 0 Å². The summed E-state index contributed by atoms with van der Waals surface area (Å²) in [5.41, 5.74) is 2.48. The molecule has 4 heterocycles. The van der Waals surface area contributed by atoms with Crippen LogP contribution in [0.25, 0.3) is 5.57 Å². The van der Waals surface area contributed by atoms with E-state index < -0.39 is 5.91 Å². The van der Waals surface area contributed by atoms with Gasteiger partial charge in [-0.3, -0.25) is 20.0 Å². The standard InChI is InChI=1S/C20H20N6O4S/c27-17(23-20-22-16(24-25-20)19(28)26-5-8-29-9-6-26)14-11-31-18(21-14)13-2-1-3-15-12(10-13)4-7-30-15/h1,3,10-11H,2,4-9H2,(H2,22,23,24,25,27). The van der Waals surface area contributed by atoms with E-state index in [0.29, 0.717) is 32.9 Å². The molecule has 2 aliphatic heterocycles. The Morgan fingerprint density at radius 1 is 1.19 bits per heavy atom. The monoisotopic (exact) mass is 440 g/mol. The molecule has 3 aliphatic rings. The van der Waals surface area contributed by atoms with Gasteiger partial charge in [-0.15, -0.1) is 16.4 Å². The maximum atomic E-state index is 12.6. The Morgan fingerprint density at radius 3 is 2.94 bits per heavy atom. The van der Waals surface area contributed by atoms with Gasteiger partial charge in [0.25, 0.3) is 11.8 Å². The van der Waals surface area contributed by atoms with Gasteiger partial charge in [0.2, 0.25) is 11.8 Å². The van der Waals surface area contributed by atoms with E-state index in [-0.39, 0.29) is 23.4 Å². The predicted octanol–water partition coefficient (Wildman–Crippen LogP) is 2.00. The van der Waals surface area contributed by atoms with Crippen molar-refractivity contribution >= 4 is 34.7 Å². The molecule has 0 radical (unpaired) electrons. The summed E-state index contributed by atoms with van der Waals surface area (Å²) < 4.78 is 10.9. The Labute approximate surface area is 181 Å². The second-order valence-corrected chi connectivity index (χ2v) is 8.03. The first-order valence-corrected chi connectivity index (χ1v) is 10.8. The number of carbonyl (C=O) groups is 2. The second-order valence-electron chi connectivity index (χ2n) is 7.17. The van der Waals surface area contributed by atoms with E-state index in [9.17, 15) is 9.59 Å². The number of thiazole rings is 1. The lowest BCUT2D eigenvalue weighted by Gasteiger charge is -2.25. The van der Waals surface area contributed by atoms with Gasteiger partial charge < -0.3 is 14.4 Å². The van der Waals surface area contributed by atoms with Crippen molar-refractivity contribution in [1.82, 2.24) is 25.1 Å². The van der Waals surface area contributed by atoms with Crippen LogP contribution in [0.4, 0.5) is 5.95 Å². The molecular formula is C20H20N6O4S. The van der Waals surface area contributed by atoms with Crippen LogP contribution in [-0.2, 0) is 9.47 Å². The summed E-state index contributed by atoms with van der Waals surface area (Å²) in [5.74, 6) is 0.322. The number of carbonyl (C=O) groups excluding carboxylic acids is 2. The normalized spacial score (nSPS) is 18.3. The van der Waals surface area contributed by atoms with Crippen molar-refractivity contribution in [3.63, 3.8) is 0 Å². The minimum absolute atomic E-state index is 0.0330. The summed E-state index contributed by atoms with van der Waals surface area (Å²) >= 11 is 1.41. The van der Waals surface area contributed by atoms with Crippen LogP contribution in [0.15, 0.2) is 34.9 Å². The number of morpholine rings is 1. The largest absolute Gasteiger partial charge is 0.493 e. The number of nitrogens with one attached hydrogen (secondary N) is 2. The van der Waals surface area contributed by atoms with Gasteiger partial charge >= 0.3 is 0 Å². The van der Waals surface area contributed by atoms with Crippen molar-refractivity contribution < 1.29 is 19.1 Å². The molecule has 11 heteroatoms. The molecule has 0 saturated carbocycles. The van der Waals surface area contributed by atoms with Crippen LogP contribution in [0, 0.1) is 0 Å². The van der Waals surface area contributed by atoms with E-state index in [1.807, 2.05) is 12.2 Å². The third-order valence-corrected chi connectivity index (χ3v) is 6.04. The van der Waals surface area contributed by atoms with Gasteiger partial charge in [0, 0.05) is 24.9 Å². The smallest absolute Gasteiger partial charge is 0.291 e. The lowest BCUT2D eigenvalue weighted by Crippen LogP contribution is -2.41. The third-order valence-electron chi connectivity index (χ3n) is 5.12. The zero-order valence-corrected chi connectivity index (χ0v) is 17.4. The zero-order chi connectivity index (χ0) is 21.2. The quantitative estimate of drug-likeness (QED) is 0.746. The number of hydrogen-bond acceptors (Lipinski definition) is 8. The minimum Gasteiger partial charge on any atom is -0.493 e. The molecule has 160 valence electrons. The minimum atomic E-state index is -0.430. The van der Waals surface area contributed by atoms with Gasteiger partial charge in [0.1, 0.15) is 16.5 Å². The van der Waals surface area contributed by atoms with Crippen LogP contribution in [0.2, 0.25) is 0 Å². The molecule has 2 aromatic heterocycles. The molecule has 0 spiro atoms. The van der Waals surface area contributed by atoms with E-state index in [4.69, 9.17) is 9.47 Å². The summed E-state index contributed by atoms with van der Waals surface area (Å²) in [6, 6.07) is 0. The fourth-order valence-corrected chi connectivity index (χ4v) is 4.34. The van der Waals surface area contributed by atoms with Crippen LogP contribution in [0.1, 0.15) is 39.0 Å². The number of aromatic nitrogens is 4. The van der Waals surface area contributed by atoms with Gasteiger partial charge in [-0.25, -0.2) is 4.98 Å². The zero-order valence-electron chi connectivity index (χ0n) is 16.6. The number of H-pyrrole nitrogens is 1. The SMILES string of the molecule is O=C(Nc1n[nH]c(C(=O)N2CCOCC2)n1)c1csc(C2=CC3=C(C=CC2)OCC3)n1. The molecule has 1 aliphatic carbocycles. The number of allylic oxidation sites excluding steroid dienone is 4. The first kappa shape index (κ1) is 19.6. The van der Waals surface area contributed by atoms with E-state index in [1.165, 1.54) is 11.3 Å². The van der Waals surface area contributed by atoms with Crippen LogP contribution < -0.4 is 5.32 Å². The maximum Gasteiger partial charge on any atom is 0.291 e. The van der Waals surface area contributed by atoms with E-state index >= 15 is 0 Å². The highest BCUT2D eigenvalue weighted by Crippen LogP contribution is 2.32. The summed E-state index contributed by atoms with van der Waals surface area (Å²) in [4.78, 5) is 35.3. The molecule has 1 saturated heterocycles. The van der Waals surface area contributed by atoms with Crippen LogP contribution in [0.5, 0.6) is 0 Å². The topological polar surface area (TPSA) is 122 Å². The van der Waals surface area contributed by atoms with Crippen molar-refractivity contribution in [3.05, 3.63) is 51.5 Å². The van der Waals surface area contributed by atoms with Crippen LogP contribution in [-0.4, -0.2) is 69.8 Å². The molecule has 0 atom stereocenters. The average Bonchev–Trinajstić information content (AvgIpc) is 3.53. The molecule has 10 nitrogen and oxygen atoms in total. The van der Waals surface area contributed by atoms with Crippen molar-refractivity contribution in [1.29, 1.82) is 0 Å². The number of rotatable bonds is 4. The predicted molar refractivity (Wildman–Crippen MR) is 113 cm³/mol. The number of nitrogens with zero attached hydrogens (tertiary/aromatic N) is 4. The van der Waals surface area contributed by atoms with E-state index in [0.717, 1.165) is 34.8 Å². The lowest BCUT2D eigenvalue weighted by atomic mass is 10.1. The lowest BCUT2D eigenvalue weighted by molar-refractivity contribution is 0.0295. The van der Waals surface area contributed by atoms with Gasteiger partial charge in [0.05, 0.1) is 19.8 Å². The average molecular weight is 440 g/mol. The Kier molecular flexibility index (Phi) is 5.35. The van der Waals surface area contributed by atoms with Gasteiger partial charge in [0.15, 0.2) is 0 Å². The summed E-state index contributed by atoms with van der Waals surface area (Å²) in [6.45, 7) is 2.68. The van der Waals surface area contributed by atoms with Gasteiger partial charge in [-0.1, -0.05) is 6.08 Å². The molecule has 2 N–H and O–H groups in total. The molecule has 0 bridgehead atoms.